The summed E-state index contributed by atoms with van der Waals surface area (Å²) in [4.78, 5) is 12.5. The Morgan fingerprint density at radius 3 is 2.59 bits per heavy atom. The van der Waals surface area contributed by atoms with E-state index in [0.717, 1.165) is 11.1 Å². The Bertz CT molecular complexity index is 893. The van der Waals surface area contributed by atoms with Crippen molar-refractivity contribution < 1.29 is 13.9 Å². The van der Waals surface area contributed by atoms with E-state index < -0.39 is 0 Å². The van der Waals surface area contributed by atoms with Crippen LogP contribution >= 0.6 is 0 Å². The zero-order chi connectivity index (χ0) is 15.7. The van der Waals surface area contributed by atoms with E-state index in [4.69, 9.17) is 13.9 Å². The van der Waals surface area contributed by atoms with Crippen LogP contribution in [-0.2, 0) is 0 Å². The summed E-state index contributed by atoms with van der Waals surface area (Å²) in [7, 11) is 1.57. The molecule has 1 heterocycles. The van der Waals surface area contributed by atoms with Gasteiger partial charge in [0.05, 0.1) is 12.5 Å². The van der Waals surface area contributed by atoms with Crippen LogP contribution in [0.5, 0.6) is 17.2 Å². The third-order valence-electron chi connectivity index (χ3n) is 3.51. The Labute approximate surface area is 127 Å². The number of rotatable bonds is 3. The number of hydrogen-bond acceptors (Lipinski definition) is 4. The Morgan fingerprint density at radius 2 is 1.82 bits per heavy atom. The summed E-state index contributed by atoms with van der Waals surface area (Å²) < 4.78 is 16.4. The van der Waals surface area contributed by atoms with Gasteiger partial charge >= 0.3 is 0 Å². The SMILES string of the molecule is COc1ccc2c(=O)c(Oc3cc(C)ccc3C)coc2c1. The largest absolute Gasteiger partial charge is 0.497 e. The van der Waals surface area contributed by atoms with E-state index >= 15 is 0 Å². The maximum Gasteiger partial charge on any atom is 0.235 e. The molecule has 4 heteroatoms. The van der Waals surface area contributed by atoms with Crippen molar-refractivity contribution >= 4 is 11.0 Å². The van der Waals surface area contributed by atoms with E-state index in [1.807, 2.05) is 32.0 Å². The Morgan fingerprint density at radius 1 is 1.00 bits per heavy atom. The molecular weight excluding hydrogens is 280 g/mol. The van der Waals surface area contributed by atoms with E-state index in [2.05, 4.69) is 0 Å². The van der Waals surface area contributed by atoms with E-state index in [9.17, 15) is 4.79 Å². The summed E-state index contributed by atoms with van der Waals surface area (Å²) in [5.74, 6) is 1.46. The lowest BCUT2D eigenvalue weighted by atomic mass is 10.1. The Balaban J connectivity index is 2.06. The first-order chi connectivity index (χ1) is 10.6. The highest BCUT2D eigenvalue weighted by Gasteiger charge is 2.11. The molecule has 112 valence electrons. The summed E-state index contributed by atoms with van der Waals surface area (Å²) in [6.07, 6.45) is 1.34. The normalized spacial score (nSPS) is 10.7. The molecule has 0 amide bonds. The lowest BCUT2D eigenvalue weighted by molar-refractivity contribution is 0.413. The first kappa shape index (κ1) is 14.2. The maximum atomic E-state index is 12.5. The van der Waals surface area contributed by atoms with Crippen LogP contribution in [0.1, 0.15) is 11.1 Å². The molecule has 3 rings (SSSR count). The van der Waals surface area contributed by atoms with Crippen molar-refractivity contribution in [3.8, 4) is 17.2 Å². The molecule has 0 saturated heterocycles. The molecule has 2 aromatic carbocycles. The van der Waals surface area contributed by atoms with Crippen molar-refractivity contribution in [2.45, 2.75) is 13.8 Å². The van der Waals surface area contributed by atoms with Crippen LogP contribution in [0.3, 0.4) is 0 Å². The predicted molar refractivity (Wildman–Crippen MR) is 85.0 cm³/mol. The molecule has 0 atom stereocenters. The zero-order valence-corrected chi connectivity index (χ0v) is 12.7. The number of ether oxygens (including phenoxy) is 2. The molecule has 22 heavy (non-hydrogen) atoms. The number of aryl methyl sites for hydroxylation is 2. The summed E-state index contributed by atoms with van der Waals surface area (Å²) in [6, 6.07) is 10.9. The summed E-state index contributed by atoms with van der Waals surface area (Å²) in [5.41, 5.74) is 2.29. The standard InChI is InChI=1S/C18H16O4/c1-11-4-5-12(2)15(8-11)22-17-10-21-16-9-13(20-3)6-7-14(16)18(17)19/h4-10H,1-3H3. The smallest absolute Gasteiger partial charge is 0.235 e. The average Bonchev–Trinajstić information content (AvgIpc) is 2.53. The van der Waals surface area contributed by atoms with Gasteiger partial charge in [0.1, 0.15) is 23.3 Å². The second-order valence-electron chi connectivity index (χ2n) is 5.16. The van der Waals surface area contributed by atoms with Gasteiger partial charge in [-0.3, -0.25) is 4.79 Å². The summed E-state index contributed by atoms with van der Waals surface area (Å²) in [5, 5.41) is 0.462. The van der Waals surface area contributed by atoms with Gasteiger partial charge in [-0.25, -0.2) is 0 Å². The second-order valence-corrected chi connectivity index (χ2v) is 5.16. The molecule has 0 spiro atoms. The lowest BCUT2D eigenvalue weighted by Gasteiger charge is -2.09. The van der Waals surface area contributed by atoms with Crippen molar-refractivity contribution in [1.29, 1.82) is 0 Å². The lowest BCUT2D eigenvalue weighted by Crippen LogP contribution is -2.05. The molecule has 0 aliphatic heterocycles. The van der Waals surface area contributed by atoms with E-state index in [0.29, 0.717) is 22.5 Å². The quantitative estimate of drug-likeness (QED) is 0.726. The van der Waals surface area contributed by atoms with Crippen molar-refractivity contribution in [3.63, 3.8) is 0 Å². The zero-order valence-electron chi connectivity index (χ0n) is 12.7. The highest BCUT2D eigenvalue weighted by Crippen LogP contribution is 2.26. The minimum Gasteiger partial charge on any atom is -0.497 e. The molecule has 0 aliphatic rings. The average molecular weight is 296 g/mol. The minimum atomic E-state index is -0.204. The van der Waals surface area contributed by atoms with E-state index in [1.165, 1.54) is 6.26 Å². The van der Waals surface area contributed by atoms with Gasteiger partial charge < -0.3 is 13.9 Å². The second kappa shape index (κ2) is 5.56. The van der Waals surface area contributed by atoms with Crippen molar-refractivity contribution in [2.75, 3.05) is 7.11 Å². The number of fused-ring (bicyclic) bond motifs is 1. The molecule has 0 saturated carbocycles. The number of hydrogen-bond donors (Lipinski definition) is 0. The van der Waals surface area contributed by atoms with Crippen molar-refractivity contribution in [1.82, 2.24) is 0 Å². The first-order valence-electron chi connectivity index (χ1n) is 6.93. The van der Waals surface area contributed by atoms with Gasteiger partial charge in [0.25, 0.3) is 0 Å². The fourth-order valence-electron chi connectivity index (χ4n) is 2.22. The molecule has 3 aromatic rings. The summed E-state index contributed by atoms with van der Waals surface area (Å²) in [6.45, 7) is 3.91. The van der Waals surface area contributed by atoms with Crippen LogP contribution in [0.2, 0.25) is 0 Å². The first-order valence-corrected chi connectivity index (χ1v) is 6.93. The molecular formula is C18H16O4. The fourth-order valence-corrected chi connectivity index (χ4v) is 2.22. The van der Waals surface area contributed by atoms with Crippen LogP contribution in [-0.4, -0.2) is 7.11 Å². The fraction of sp³-hybridized carbons (Fsp3) is 0.167. The molecule has 0 bridgehead atoms. The molecule has 0 radical (unpaired) electrons. The van der Waals surface area contributed by atoms with Crippen LogP contribution in [0.15, 0.2) is 51.9 Å². The maximum absolute atomic E-state index is 12.5. The third-order valence-corrected chi connectivity index (χ3v) is 3.51. The molecule has 4 nitrogen and oxygen atoms in total. The van der Waals surface area contributed by atoms with Gasteiger partial charge in [0.15, 0.2) is 0 Å². The molecule has 0 unspecified atom stereocenters. The molecule has 0 fully saturated rings. The van der Waals surface area contributed by atoms with Crippen LogP contribution in [0.25, 0.3) is 11.0 Å². The Kier molecular flexibility index (Phi) is 3.59. The summed E-state index contributed by atoms with van der Waals surface area (Å²) >= 11 is 0. The number of benzene rings is 2. The topological polar surface area (TPSA) is 48.7 Å². The van der Waals surface area contributed by atoms with Crippen LogP contribution in [0, 0.1) is 13.8 Å². The van der Waals surface area contributed by atoms with Gasteiger partial charge in [-0.2, -0.15) is 0 Å². The molecule has 0 aliphatic carbocycles. The van der Waals surface area contributed by atoms with Crippen LogP contribution in [0.4, 0.5) is 0 Å². The van der Waals surface area contributed by atoms with Crippen LogP contribution < -0.4 is 14.9 Å². The highest BCUT2D eigenvalue weighted by atomic mass is 16.5. The number of methoxy groups -OCH3 is 1. The van der Waals surface area contributed by atoms with Crippen molar-refractivity contribution in [2.24, 2.45) is 0 Å². The minimum absolute atomic E-state index is 0.173. The van der Waals surface area contributed by atoms with Gasteiger partial charge in [-0.15, -0.1) is 0 Å². The van der Waals surface area contributed by atoms with Gasteiger partial charge in [-0.1, -0.05) is 12.1 Å². The molecule has 0 N–H and O–H groups in total. The van der Waals surface area contributed by atoms with Crippen molar-refractivity contribution in [3.05, 3.63) is 64.0 Å². The Hall–Kier alpha value is -2.75. The van der Waals surface area contributed by atoms with Gasteiger partial charge in [0, 0.05) is 6.07 Å². The predicted octanol–water partition coefficient (Wildman–Crippen LogP) is 4.21. The van der Waals surface area contributed by atoms with Gasteiger partial charge in [-0.05, 0) is 43.2 Å². The highest BCUT2D eigenvalue weighted by molar-refractivity contribution is 5.79. The third kappa shape index (κ3) is 2.55. The molecule has 1 aromatic heterocycles. The van der Waals surface area contributed by atoms with E-state index in [1.54, 1.807) is 25.3 Å². The van der Waals surface area contributed by atoms with E-state index in [-0.39, 0.29) is 11.2 Å². The van der Waals surface area contributed by atoms with Gasteiger partial charge in [0.2, 0.25) is 11.2 Å². The monoisotopic (exact) mass is 296 g/mol.